The Morgan fingerprint density at radius 3 is 2.75 bits per heavy atom. The number of hydrogen-bond donors (Lipinski definition) is 0. The fourth-order valence-electron chi connectivity index (χ4n) is 3.04. The van der Waals surface area contributed by atoms with Crippen molar-refractivity contribution < 1.29 is 19.1 Å². The molecule has 7 nitrogen and oxygen atoms in total. The Balaban J connectivity index is 1.94. The van der Waals surface area contributed by atoms with Crippen molar-refractivity contribution in [3.8, 4) is 0 Å². The number of hydrogen-bond acceptors (Lipinski definition) is 6. The molecule has 1 fully saturated rings. The molecule has 130 valence electrons. The van der Waals surface area contributed by atoms with Crippen LogP contribution in [0.5, 0.6) is 0 Å². The number of anilines is 1. The van der Waals surface area contributed by atoms with Crippen molar-refractivity contribution in [2.24, 2.45) is 5.41 Å². The molecule has 0 spiro atoms. The van der Waals surface area contributed by atoms with Crippen molar-refractivity contribution in [1.82, 2.24) is 9.88 Å². The van der Waals surface area contributed by atoms with E-state index in [-0.39, 0.29) is 36.2 Å². The molecule has 1 aliphatic heterocycles. The highest BCUT2D eigenvalue weighted by Gasteiger charge is 2.42. The molecule has 2 heterocycles. The maximum Gasteiger partial charge on any atom is 0.329 e. The Kier molecular flexibility index (Phi) is 4.11. The van der Waals surface area contributed by atoms with Crippen molar-refractivity contribution >= 4 is 34.3 Å². The number of rotatable bonds is 3. The normalized spacial score (nSPS) is 22.8. The molecular weight excluding hydrogens is 330 g/mol. The SMILES string of the molecule is CCC(=O)OC1CN(C)C(=O)N1c1nc2c(s1)C(=O)CC(C)(C)C2. The van der Waals surface area contributed by atoms with E-state index in [1.807, 2.05) is 13.8 Å². The van der Waals surface area contributed by atoms with Crippen molar-refractivity contribution in [1.29, 1.82) is 0 Å². The first kappa shape index (κ1) is 16.9. The highest BCUT2D eigenvalue weighted by atomic mass is 32.1. The fraction of sp³-hybridized carbons (Fsp3) is 0.625. The van der Waals surface area contributed by atoms with Crippen LogP contribution in [0, 0.1) is 5.41 Å². The summed E-state index contributed by atoms with van der Waals surface area (Å²) in [4.78, 5) is 44.5. The van der Waals surface area contributed by atoms with Gasteiger partial charge < -0.3 is 9.64 Å². The van der Waals surface area contributed by atoms with Gasteiger partial charge in [-0.2, -0.15) is 0 Å². The van der Waals surface area contributed by atoms with Crippen LogP contribution >= 0.6 is 11.3 Å². The highest BCUT2D eigenvalue weighted by Crippen LogP contribution is 2.40. The lowest BCUT2D eigenvalue weighted by Gasteiger charge is -2.26. The molecule has 1 saturated heterocycles. The topological polar surface area (TPSA) is 79.8 Å². The molecule has 1 aromatic heterocycles. The van der Waals surface area contributed by atoms with Gasteiger partial charge in [-0.1, -0.05) is 32.1 Å². The smallest absolute Gasteiger partial charge is 0.329 e. The third kappa shape index (κ3) is 2.90. The summed E-state index contributed by atoms with van der Waals surface area (Å²) >= 11 is 1.21. The molecule has 2 aliphatic rings. The molecule has 1 unspecified atom stereocenters. The standard InChI is InChI=1S/C16H21N3O4S/c1-5-12(21)23-11-8-18(4)15(22)19(11)14-17-9-6-16(2,3)7-10(20)13(9)24-14/h11H,5-8H2,1-4H3. The minimum Gasteiger partial charge on any atom is -0.439 e. The number of ether oxygens (including phenoxy) is 1. The number of amides is 2. The van der Waals surface area contributed by atoms with E-state index < -0.39 is 6.23 Å². The number of fused-ring (bicyclic) bond motifs is 1. The third-order valence-electron chi connectivity index (χ3n) is 4.24. The van der Waals surface area contributed by atoms with E-state index in [0.29, 0.717) is 22.9 Å². The van der Waals surface area contributed by atoms with Crippen LogP contribution in [-0.2, 0) is 16.0 Å². The third-order valence-corrected chi connectivity index (χ3v) is 5.38. The summed E-state index contributed by atoms with van der Waals surface area (Å²) in [6, 6.07) is -0.276. The molecule has 0 bridgehead atoms. The largest absolute Gasteiger partial charge is 0.439 e. The van der Waals surface area contributed by atoms with Crippen molar-refractivity contribution in [3.63, 3.8) is 0 Å². The van der Waals surface area contributed by atoms with Gasteiger partial charge in [0.2, 0.25) is 6.23 Å². The number of urea groups is 1. The zero-order valence-corrected chi connectivity index (χ0v) is 15.1. The predicted molar refractivity (Wildman–Crippen MR) is 89.2 cm³/mol. The molecule has 0 saturated carbocycles. The van der Waals surface area contributed by atoms with Crippen molar-refractivity contribution in [3.05, 3.63) is 10.6 Å². The van der Waals surface area contributed by atoms with Gasteiger partial charge in [-0.3, -0.25) is 9.59 Å². The zero-order valence-electron chi connectivity index (χ0n) is 14.3. The zero-order chi connectivity index (χ0) is 17.6. The average Bonchev–Trinajstić information content (AvgIpc) is 2.99. The van der Waals surface area contributed by atoms with Crippen LogP contribution < -0.4 is 4.90 Å². The number of likely N-dealkylation sites (N-methyl/N-ethyl adjacent to an activating group) is 1. The minimum atomic E-state index is -0.703. The van der Waals surface area contributed by atoms with E-state index in [0.717, 1.165) is 5.69 Å². The number of carbonyl (C=O) groups excluding carboxylic acids is 3. The first-order valence-corrected chi connectivity index (χ1v) is 8.80. The number of thiazole rings is 1. The van der Waals surface area contributed by atoms with Gasteiger partial charge in [-0.15, -0.1) is 0 Å². The van der Waals surface area contributed by atoms with Gasteiger partial charge in [0.25, 0.3) is 0 Å². The molecule has 0 radical (unpaired) electrons. The molecule has 0 aromatic carbocycles. The van der Waals surface area contributed by atoms with Crippen molar-refractivity contribution in [2.75, 3.05) is 18.5 Å². The van der Waals surface area contributed by atoms with Gasteiger partial charge >= 0.3 is 12.0 Å². The van der Waals surface area contributed by atoms with Gasteiger partial charge in [0.05, 0.1) is 17.1 Å². The van der Waals surface area contributed by atoms with Crippen LogP contribution in [-0.4, -0.2) is 47.5 Å². The van der Waals surface area contributed by atoms with Gasteiger partial charge in [-0.05, 0) is 11.8 Å². The lowest BCUT2D eigenvalue weighted by atomic mass is 9.78. The first-order chi connectivity index (χ1) is 11.2. The maximum absolute atomic E-state index is 12.5. The van der Waals surface area contributed by atoms with Crippen LogP contribution in [0.25, 0.3) is 0 Å². The summed E-state index contributed by atoms with van der Waals surface area (Å²) in [6.45, 7) is 6.06. The molecule has 8 heteroatoms. The predicted octanol–water partition coefficient (Wildman–Crippen LogP) is 2.45. The van der Waals surface area contributed by atoms with Gasteiger partial charge in [0.1, 0.15) is 0 Å². The second-order valence-corrected chi connectivity index (χ2v) is 8.02. The summed E-state index contributed by atoms with van der Waals surface area (Å²) in [6.07, 6.45) is 0.708. The van der Waals surface area contributed by atoms with E-state index in [2.05, 4.69) is 4.98 Å². The minimum absolute atomic E-state index is 0.0621. The van der Waals surface area contributed by atoms with E-state index >= 15 is 0 Å². The molecule has 24 heavy (non-hydrogen) atoms. The molecule has 3 rings (SSSR count). The quantitative estimate of drug-likeness (QED) is 0.782. The Labute approximate surface area is 144 Å². The highest BCUT2D eigenvalue weighted by molar-refractivity contribution is 7.17. The first-order valence-electron chi connectivity index (χ1n) is 7.98. The summed E-state index contributed by atoms with van der Waals surface area (Å²) in [5.41, 5.74) is 0.606. The maximum atomic E-state index is 12.5. The summed E-state index contributed by atoms with van der Waals surface area (Å²) in [5.74, 6) is -0.307. The van der Waals surface area contributed by atoms with E-state index in [4.69, 9.17) is 4.74 Å². The molecule has 0 N–H and O–H groups in total. The van der Waals surface area contributed by atoms with Gasteiger partial charge in [0, 0.05) is 19.9 Å². The summed E-state index contributed by atoms with van der Waals surface area (Å²) in [5, 5.41) is 0.425. The van der Waals surface area contributed by atoms with Crippen LogP contribution in [0.15, 0.2) is 0 Å². The average molecular weight is 351 g/mol. The van der Waals surface area contributed by atoms with Gasteiger partial charge in [0.15, 0.2) is 10.9 Å². The number of aromatic nitrogens is 1. The second-order valence-electron chi connectivity index (χ2n) is 7.04. The molecular formula is C16H21N3O4S. The van der Waals surface area contributed by atoms with E-state index in [1.165, 1.54) is 21.1 Å². The summed E-state index contributed by atoms with van der Waals surface area (Å²) < 4.78 is 5.37. The van der Waals surface area contributed by atoms with Crippen LogP contribution in [0.1, 0.15) is 49.0 Å². The van der Waals surface area contributed by atoms with Crippen LogP contribution in [0.2, 0.25) is 0 Å². The lowest BCUT2D eigenvalue weighted by Crippen LogP contribution is -2.37. The number of esters is 1. The number of nitrogens with zero attached hydrogens (tertiary/aromatic N) is 3. The van der Waals surface area contributed by atoms with Crippen molar-refractivity contribution in [2.45, 2.75) is 46.3 Å². The molecule has 1 aromatic rings. The van der Waals surface area contributed by atoms with Crippen LogP contribution in [0.3, 0.4) is 0 Å². The number of Topliss-reactive ketones (excluding diaryl/α,β-unsaturated/α-hetero) is 1. The molecule has 1 atom stereocenters. The Morgan fingerprint density at radius 2 is 2.08 bits per heavy atom. The fourth-order valence-corrected chi connectivity index (χ4v) is 4.10. The number of ketones is 1. The molecule has 1 aliphatic carbocycles. The van der Waals surface area contributed by atoms with Crippen LogP contribution in [0.4, 0.5) is 9.93 Å². The Bertz CT molecular complexity index is 712. The lowest BCUT2D eigenvalue weighted by molar-refractivity contribution is -0.147. The Hall–Kier alpha value is -1.96. The monoisotopic (exact) mass is 351 g/mol. The second kappa shape index (κ2) is 5.84. The summed E-state index contributed by atoms with van der Waals surface area (Å²) in [7, 11) is 1.65. The molecule has 2 amide bonds. The van der Waals surface area contributed by atoms with E-state index in [9.17, 15) is 14.4 Å². The van der Waals surface area contributed by atoms with Gasteiger partial charge in [-0.25, -0.2) is 14.7 Å². The van der Waals surface area contributed by atoms with E-state index in [1.54, 1.807) is 14.0 Å². The Morgan fingerprint density at radius 1 is 1.38 bits per heavy atom. The number of carbonyl (C=O) groups is 3.